The van der Waals surface area contributed by atoms with E-state index in [9.17, 15) is 4.79 Å². The maximum Gasteiger partial charge on any atom is 0.240 e. The SMILES string of the molecule is CN(C(=O)CN1CCn2cnnc2C1)c1ccc(N)cc1. The molecule has 2 heterocycles. The van der Waals surface area contributed by atoms with Gasteiger partial charge in [0.2, 0.25) is 5.91 Å². The summed E-state index contributed by atoms with van der Waals surface area (Å²) in [6, 6.07) is 7.28. The van der Waals surface area contributed by atoms with E-state index in [2.05, 4.69) is 15.1 Å². The number of likely N-dealkylation sites (N-methyl/N-ethyl adjacent to an activating group) is 1. The minimum absolute atomic E-state index is 0.0488. The highest BCUT2D eigenvalue weighted by Gasteiger charge is 2.21. The van der Waals surface area contributed by atoms with Gasteiger partial charge in [0.15, 0.2) is 0 Å². The first kappa shape index (κ1) is 13.6. The van der Waals surface area contributed by atoms with Gasteiger partial charge in [0.25, 0.3) is 0 Å². The predicted octanol–water partition coefficient (Wildman–Crippen LogP) is 0.339. The standard InChI is InChI=1S/C14H18N6O/c1-18(12-4-2-11(15)3-5-12)14(21)9-19-6-7-20-10-16-17-13(20)8-19/h2-5,10H,6-9,15H2,1H3. The van der Waals surface area contributed by atoms with E-state index in [1.807, 2.05) is 16.7 Å². The van der Waals surface area contributed by atoms with Crippen LogP contribution in [0.3, 0.4) is 0 Å². The number of aromatic nitrogens is 3. The molecular formula is C14H18N6O. The molecule has 7 heteroatoms. The number of nitrogens with zero attached hydrogens (tertiary/aromatic N) is 5. The highest BCUT2D eigenvalue weighted by atomic mass is 16.2. The topological polar surface area (TPSA) is 80.3 Å². The Kier molecular flexibility index (Phi) is 3.57. The molecule has 1 aromatic carbocycles. The van der Waals surface area contributed by atoms with Crippen molar-refractivity contribution in [2.45, 2.75) is 13.1 Å². The van der Waals surface area contributed by atoms with Gasteiger partial charge < -0.3 is 15.2 Å². The van der Waals surface area contributed by atoms with Gasteiger partial charge in [-0.05, 0) is 24.3 Å². The number of carbonyl (C=O) groups excluding carboxylic acids is 1. The first-order valence-corrected chi connectivity index (χ1v) is 6.84. The summed E-state index contributed by atoms with van der Waals surface area (Å²) < 4.78 is 2.02. The van der Waals surface area contributed by atoms with Crippen LogP contribution in [0.25, 0.3) is 0 Å². The average molecular weight is 286 g/mol. The second-order valence-electron chi connectivity index (χ2n) is 5.20. The van der Waals surface area contributed by atoms with E-state index in [1.165, 1.54) is 0 Å². The second kappa shape index (κ2) is 5.53. The third kappa shape index (κ3) is 2.87. The van der Waals surface area contributed by atoms with Crippen LogP contribution in [0.15, 0.2) is 30.6 Å². The van der Waals surface area contributed by atoms with Crippen molar-refractivity contribution in [3.8, 4) is 0 Å². The Balaban J connectivity index is 1.63. The summed E-state index contributed by atoms with van der Waals surface area (Å²) in [6.07, 6.45) is 1.73. The molecule has 0 unspecified atom stereocenters. The fourth-order valence-corrected chi connectivity index (χ4v) is 2.39. The molecule has 21 heavy (non-hydrogen) atoms. The van der Waals surface area contributed by atoms with Crippen molar-refractivity contribution < 1.29 is 4.79 Å². The van der Waals surface area contributed by atoms with Crippen LogP contribution in [-0.2, 0) is 17.9 Å². The van der Waals surface area contributed by atoms with Crippen molar-refractivity contribution in [2.24, 2.45) is 0 Å². The number of nitrogen functional groups attached to an aromatic ring is 1. The van der Waals surface area contributed by atoms with Gasteiger partial charge in [-0.15, -0.1) is 10.2 Å². The maximum absolute atomic E-state index is 12.4. The van der Waals surface area contributed by atoms with Crippen LogP contribution in [-0.4, -0.2) is 45.7 Å². The van der Waals surface area contributed by atoms with E-state index < -0.39 is 0 Å². The average Bonchev–Trinajstić information content (AvgIpc) is 2.95. The number of anilines is 2. The molecule has 2 aromatic rings. The Labute approximate surface area is 123 Å². The van der Waals surface area contributed by atoms with Gasteiger partial charge in [-0.1, -0.05) is 0 Å². The van der Waals surface area contributed by atoms with Crippen LogP contribution in [0.4, 0.5) is 11.4 Å². The molecule has 0 radical (unpaired) electrons. The first-order valence-electron chi connectivity index (χ1n) is 6.84. The molecule has 0 fully saturated rings. The summed E-state index contributed by atoms with van der Waals surface area (Å²) in [5.74, 6) is 0.955. The van der Waals surface area contributed by atoms with E-state index >= 15 is 0 Å². The monoisotopic (exact) mass is 286 g/mol. The molecule has 0 aliphatic carbocycles. The minimum atomic E-state index is 0.0488. The predicted molar refractivity (Wildman–Crippen MR) is 79.6 cm³/mol. The summed E-state index contributed by atoms with van der Waals surface area (Å²) in [5.41, 5.74) is 7.19. The molecule has 0 bridgehead atoms. The summed E-state index contributed by atoms with van der Waals surface area (Å²) >= 11 is 0. The summed E-state index contributed by atoms with van der Waals surface area (Å²) in [5, 5.41) is 7.95. The molecule has 1 aliphatic heterocycles. The Hall–Kier alpha value is -2.41. The van der Waals surface area contributed by atoms with Crippen molar-refractivity contribution in [2.75, 3.05) is 30.8 Å². The smallest absolute Gasteiger partial charge is 0.240 e. The molecule has 3 rings (SSSR count). The van der Waals surface area contributed by atoms with Crippen LogP contribution in [0.5, 0.6) is 0 Å². The van der Waals surface area contributed by atoms with Gasteiger partial charge in [-0.2, -0.15) is 0 Å². The van der Waals surface area contributed by atoms with Gasteiger partial charge in [0.1, 0.15) is 12.2 Å². The number of amides is 1. The number of carbonyl (C=O) groups is 1. The van der Waals surface area contributed by atoms with E-state index in [0.29, 0.717) is 18.8 Å². The maximum atomic E-state index is 12.4. The normalized spacial score (nSPS) is 14.7. The molecule has 0 spiro atoms. The molecule has 1 amide bonds. The minimum Gasteiger partial charge on any atom is -0.399 e. The quantitative estimate of drug-likeness (QED) is 0.823. The molecule has 2 N–H and O–H groups in total. The lowest BCUT2D eigenvalue weighted by molar-refractivity contribution is -0.119. The highest BCUT2D eigenvalue weighted by molar-refractivity contribution is 5.94. The van der Waals surface area contributed by atoms with Crippen molar-refractivity contribution in [3.05, 3.63) is 36.4 Å². The highest BCUT2D eigenvalue weighted by Crippen LogP contribution is 2.16. The van der Waals surface area contributed by atoms with Crippen LogP contribution < -0.4 is 10.6 Å². The molecule has 0 saturated carbocycles. The fraction of sp³-hybridized carbons (Fsp3) is 0.357. The first-order chi connectivity index (χ1) is 10.1. The van der Waals surface area contributed by atoms with E-state index in [4.69, 9.17) is 5.73 Å². The zero-order valence-electron chi connectivity index (χ0n) is 11.9. The molecule has 0 atom stereocenters. The molecule has 110 valence electrons. The molecule has 7 nitrogen and oxygen atoms in total. The number of hydrogen-bond acceptors (Lipinski definition) is 5. The van der Waals surface area contributed by atoms with Crippen molar-refractivity contribution in [3.63, 3.8) is 0 Å². The van der Waals surface area contributed by atoms with Gasteiger partial charge in [-0.3, -0.25) is 9.69 Å². The number of rotatable bonds is 3. The van der Waals surface area contributed by atoms with Crippen LogP contribution in [0.2, 0.25) is 0 Å². The summed E-state index contributed by atoms with van der Waals surface area (Å²) in [4.78, 5) is 16.1. The molecule has 1 aromatic heterocycles. The van der Waals surface area contributed by atoms with Crippen molar-refractivity contribution >= 4 is 17.3 Å². The lowest BCUT2D eigenvalue weighted by atomic mass is 10.2. The number of benzene rings is 1. The summed E-state index contributed by atoms with van der Waals surface area (Å²) in [6.45, 7) is 2.67. The van der Waals surface area contributed by atoms with Crippen molar-refractivity contribution in [1.82, 2.24) is 19.7 Å². The Morgan fingerprint density at radius 2 is 2.10 bits per heavy atom. The van der Waals surface area contributed by atoms with Gasteiger partial charge in [-0.25, -0.2) is 0 Å². The van der Waals surface area contributed by atoms with Crippen LogP contribution in [0, 0.1) is 0 Å². The van der Waals surface area contributed by atoms with Crippen LogP contribution in [0.1, 0.15) is 5.82 Å². The Bertz CT molecular complexity index is 635. The number of fused-ring (bicyclic) bond motifs is 1. The number of nitrogens with two attached hydrogens (primary N) is 1. The Morgan fingerprint density at radius 3 is 2.86 bits per heavy atom. The van der Waals surface area contributed by atoms with Gasteiger partial charge in [0, 0.05) is 31.5 Å². The number of hydrogen-bond donors (Lipinski definition) is 1. The van der Waals surface area contributed by atoms with E-state index in [0.717, 1.165) is 24.6 Å². The third-order valence-electron chi connectivity index (χ3n) is 3.73. The van der Waals surface area contributed by atoms with Gasteiger partial charge in [0.05, 0.1) is 13.1 Å². The Morgan fingerprint density at radius 1 is 1.33 bits per heavy atom. The molecule has 0 saturated heterocycles. The summed E-state index contributed by atoms with van der Waals surface area (Å²) in [7, 11) is 1.78. The lowest BCUT2D eigenvalue weighted by Crippen LogP contribution is -2.42. The van der Waals surface area contributed by atoms with Crippen molar-refractivity contribution in [1.29, 1.82) is 0 Å². The van der Waals surface area contributed by atoms with E-state index in [-0.39, 0.29) is 5.91 Å². The fourth-order valence-electron chi connectivity index (χ4n) is 2.39. The third-order valence-corrected chi connectivity index (χ3v) is 3.73. The van der Waals surface area contributed by atoms with Crippen LogP contribution >= 0.6 is 0 Å². The zero-order valence-corrected chi connectivity index (χ0v) is 11.9. The largest absolute Gasteiger partial charge is 0.399 e. The molecule has 1 aliphatic rings. The van der Waals surface area contributed by atoms with Gasteiger partial charge >= 0.3 is 0 Å². The zero-order chi connectivity index (χ0) is 14.8. The lowest BCUT2D eigenvalue weighted by Gasteiger charge is -2.28. The second-order valence-corrected chi connectivity index (χ2v) is 5.20. The molecular weight excluding hydrogens is 268 g/mol. The van der Waals surface area contributed by atoms with E-state index in [1.54, 1.807) is 30.4 Å².